The van der Waals surface area contributed by atoms with E-state index in [9.17, 15) is 4.79 Å². The van der Waals surface area contributed by atoms with Gasteiger partial charge in [-0.1, -0.05) is 12.1 Å². The summed E-state index contributed by atoms with van der Waals surface area (Å²) in [5.74, 6) is 0.660. The number of rotatable bonds is 2. The summed E-state index contributed by atoms with van der Waals surface area (Å²) in [6.07, 6.45) is 0.862. The molecule has 0 saturated heterocycles. The lowest BCUT2D eigenvalue weighted by Gasteiger charge is -2.09. The molecule has 1 fully saturated rings. The Kier molecular flexibility index (Phi) is 1.61. The molecule has 3 atom stereocenters. The van der Waals surface area contributed by atoms with Gasteiger partial charge in [-0.25, -0.2) is 0 Å². The molecule has 3 nitrogen and oxygen atoms in total. The lowest BCUT2D eigenvalue weighted by atomic mass is 10.0. The van der Waals surface area contributed by atoms with Crippen LogP contribution in [0.2, 0.25) is 0 Å². The zero-order valence-electron chi connectivity index (χ0n) is 8.43. The first-order chi connectivity index (χ1) is 7.24. The second kappa shape index (κ2) is 2.75. The average molecular weight is 204 g/mol. The van der Waals surface area contributed by atoms with Gasteiger partial charge < -0.3 is 9.84 Å². The summed E-state index contributed by atoms with van der Waals surface area (Å²) in [6.45, 7) is 0. The average Bonchev–Trinajstić information content (AvgIpc) is 2.82. The van der Waals surface area contributed by atoms with Crippen molar-refractivity contribution in [3.63, 3.8) is 0 Å². The van der Waals surface area contributed by atoms with Gasteiger partial charge in [0.25, 0.3) is 0 Å². The SMILES string of the molecule is COc1cccc2c1C[C@@H]1[C@H](C(=O)O)[C@H]21. The Hall–Kier alpha value is -1.51. The predicted molar refractivity (Wildman–Crippen MR) is 54.1 cm³/mol. The summed E-state index contributed by atoms with van der Waals surface area (Å²) < 4.78 is 5.27. The van der Waals surface area contributed by atoms with Gasteiger partial charge in [-0.05, 0) is 29.5 Å². The number of carboxylic acid groups (broad SMARTS) is 1. The summed E-state index contributed by atoms with van der Waals surface area (Å²) in [6, 6.07) is 5.92. The molecular weight excluding hydrogens is 192 g/mol. The normalized spacial score (nSPS) is 30.6. The molecule has 1 aromatic rings. The number of aliphatic carboxylic acids is 1. The predicted octanol–water partition coefficient (Wildman–Crippen LogP) is 1.67. The topological polar surface area (TPSA) is 46.5 Å². The van der Waals surface area contributed by atoms with Crippen LogP contribution in [0.1, 0.15) is 17.0 Å². The van der Waals surface area contributed by atoms with Crippen molar-refractivity contribution in [3.05, 3.63) is 29.3 Å². The van der Waals surface area contributed by atoms with Gasteiger partial charge in [0.2, 0.25) is 0 Å². The van der Waals surface area contributed by atoms with Crippen LogP contribution in [-0.4, -0.2) is 18.2 Å². The van der Waals surface area contributed by atoms with Gasteiger partial charge in [0.1, 0.15) is 5.75 Å². The Labute approximate surface area is 87.7 Å². The first-order valence-electron chi connectivity index (χ1n) is 5.12. The maximum absolute atomic E-state index is 10.9. The smallest absolute Gasteiger partial charge is 0.307 e. The van der Waals surface area contributed by atoms with Gasteiger partial charge in [0.15, 0.2) is 0 Å². The fourth-order valence-electron chi connectivity index (χ4n) is 2.93. The van der Waals surface area contributed by atoms with Crippen LogP contribution in [0.5, 0.6) is 5.75 Å². The molecule has 0 aliphatic heterocycles. The number of carboxylic acids is 1. The zero-order valence-corrected chi connectivity index (χ0v) is 8.43. The van der Waals surface area contributed by atoms with Crippen molar-refractivity contribution in [2.45, 2.75) is 12.3 Å². The fraction of sp³-hybridized carbons (Fsp3) is 0.417. The minimum Gasteiger partial charge on any atom is -0.496 e. The second-order valence-corrected chi connectivity index (χ2v) is 4.29. The second-order valence-electron chi connectivity index (χ2n) is 4.29. The maximum atomic E-state index is 10.9. The van der Waals surface area contributed by atoms with Crippen molar-refractivity contribution in [1.82, 2.24) is 0 Å². The summed E-state index contributed by atoms with van der Waals surface area (Å²) in [5, 5.41) is 8.98. The van der Waals surface area contributed by atoms with Crippen LogP contribution in [0.3, 0.4) is 0 Å². The monoisotopic (exact) mass is 204 g/mol. The highest BCUT2D eigenvalue weighted by atomic mass is 16.5. The van der Waals surface area contributed by atoms with Crippen LogP contribution in [0.25, 0.3) is 0 Å². The molecule has 0 heterocycles. The Balaban J connectivity index is 2.00. The first-order valence-corrected chi connectivity index (χ1v) is 5.12. The number of fused-ring (bicyclic) bond motifs is 3. The molecule has 1 N–H and O–H groups in total. The van der Waals surface area contributed by atoms with Crippen LogP contribution in [0.15, 0.2) is 18.2 Å². The summed E-state index contributed by atoms with van der Waals surface area (Å²) in [5.41, 5.74) is 2.40. The molecule has 15 heavy (non-hydrogen) atoms. The third-order valence-electron chi connectivity index (χ3n) is 3.64. The molecule has 2 aliphatic carbocycles. The first kappa shape index (κ1) is 8.77. The Morgan fingerprint density at radius 1 is 1.53 bits per heavy atom. The summed E-state index contributed by atoms with van der Waals surface area (Å²) in [4.78, 5) is 10.9. The Bertz CT molecular complexity index is 438. The molecule has 1 aromatic carbocycles. The third-order valence-corrected chi connectivity index (χ3v) is 3.64. The van der Waals surface area contributed by atoms with Crippen LogP contribution < -0.4 is 4.74 Å². The van der Waals surface area contributed by atoms with E-state index in [1.165, 1.54) is 11.1 Å². The van der Waals surface area contributed by atoms with Crippen molar-refractivity contribution < 1.29 is 14.6 Å². The fourth-order valence-corrected chi connectivity index (χ4v) is 2.93. The molecule has 1 saturated carbocycles. The number of hydrogen-bond donors (Lipinski definition) is 1. The molecule has 0 unspecified atom stereocenters. The lowest BCUT2D eigenvalue weighted by Crippen LogP contribution is -2.05. The molecule has 0 radical (unpaired) electrons. The maximum Gasteiger partial charge on any atom is 0.307 e. The van der Waals surface area contributed by atoms with E-state index in [1.807, 2.05) is 18.2 Å². The minimum absolute atomic E-state index is 0.149. The van der Waals surface area contributed by atoms with Gasteiger partial charge in [-0.3, -0.25) is 4.79 Å². The van der Waals surface area contributed by atoms with E-state index in [2.05, 4.69) is 0 Å². The third kappa shape index (κ3) is 1.03. The van der Waals surface area contributed by atoms with Crippen molar-refractivity contribution >= 4 is 5.97 Å². The highest BCUT2D eigenvalue weighted by Crippen LogP contribution is 2.62. The summed E-state index contributed by atoms with van der Waals surface area (Å²) in [7, 11) is 1.66. The van der Waals surface area contributed by atoms with E-state index in [0.29, 0.717) is 5.92 Å². The van der Waals surface area contributed by atoms with E-state index < -0.39 is 5.97 Å². The zero-order chi connectivity index (χ0) is 10.6. The standard InChI is InChI=1S/C12H12O3/c1-15-9-4-2-3-6-7(9)5-8-10(6)11(8)12(13)14/h2-4,8,10-11H,5H2,1H3,(H,13,14)/t8-,10+,11-/m0/s1. The van der Waals surface area contributed by atoms with E-state index >= 15 is 0 Å². The number of benzene rings is 1. The van der Waals surface area contributed by atoms with Crippen LogP contribution in [0, 0.1) is 11.8 Å². The lowest BCUT2D eigenvalue weighted by molar-refractivity contribution is -0.139. The highest BCUT2D eigenvalue weighted by molar-refractivity contribution is 5.78. The van der Waals surface area contributed by atoms with E-state index in [1.54, 1.807) is 7.11 Å². The van der Waals surface area contributed by atoms with E-state index in [-0.39, 0.29) is 11.8 Å². The van der Waals surface area contributed by atoms with Gasteiger partial charge in [0.05, 0.1) is 13.0 Å². The van der Waals surface area contributed by atoms with Crippen molar-refractivity contribution in [1.29, 1.82) is 0 Å². The van der Waals surface area contributed by atoms with Gasteiger partial charge >= 0.3 is 5.97 Å². The Morgan fingerprint density at radius 3 is 3.00 bits per heavy atom. The minimum atomic E-state index is -0.654. The number of ether oxygens (including phenoxy) is 1. The van der Waals surface area contributed by atoms with E-state index in [4.69, 9.17) is 9.84 Å². The quantitative estimate of drug-likeness (QED) is 0.797. The van der Waals surface area contributed by atoms with Gasteiger partial charge in [-0.2, -0.15) is 0 Å². The molecule has 3 heteroatoms. The van der Waals surface area contributed by atoms with Crippen molar-refractivity contribution in [2.75, 3.05) is 7.11 Å². The molecule has 0 spiro atoms. The number of methoxy groups -OCH3 is 1. The van der Waals surface area contributed by atoms with Crippen molar-refractivity contribution in [3.8, 4) is 5.75 Å². The van der Waals surface area contributed by atoms with Crippen molar-refractivity contribution in [2.24, 2.45) is 11.8 Å². The van der Waals surface area contributed by atoms with Crippen LogP contribution in [0.4, 0.5) is 0 Å². The highest BCUT2D eigenvalue weighted by Gasteiger charge is 2.60. The number of hydrogen-bond acceptors (Lipinski definition) is 2. The molecule has 0 aromatic heterocycles. The molecule has 0 amide bonds. The molecule has 2 aliphatic rings. The van der Waals surface area contributed by atoms with Crippen LogP contribution >= 0.6 is 0 Å². The molecule has 3 rings (SSSR count). The van der Waals surface area contributed by atoms with Crippen LogP contribution in [-0.2, 0) is 11.2 Å². The number of carbonyl (C=O) groups is 1. The van der Waals surface area contributed by atoms with Gasteiger partial charge in [0, 0.05) is 5.92 Å². The largest absolute Gasteiger partial charge is 0.496 e. The molecular formula is C12H12O3. The summed E-state index contributed by atoms with van der Waals surface area (Å²) >= 11 is 0. The molecule has 0 bridgehead atoms. The van der Waals surface area contributed by atoms with Gasteiger partial charge in [-0.15, -0.1) is 0 Å². The van der Waals surface area contributed by atoms with E-state index in [0.717, 1.165) is 12.2 Å². The Morgan fingerprint density at radius 2 is 2.33 bits per heavy atom. The molecule has 78 valence electrons.